The molecule has 0 aliphatic carbocycles. The minimum Gasteiger partial charge on any atom is -0.348 e. The van der Waals surface area contributed by atoms with E-state index < -0.39 is 0 Å². The van der Waals surface area contributed by atoms with Crippen LogP contribution in [0.3, 0.4) is 0 Å². The van der Waals surface area contributed by atoms with Gasteiger partial charge in [0.1, 0.15) is 11.7 Å². The minimum absolute atomic E-state index is 0.245. The Kier molecular flexibility index (Phi) is 16.5. The summed E-state index contributed by atoms with van der Waals surface area (Å²) >= 11 is 0. The van der Waals surface area contributed by atoms with Gasteiger partial charge >= 0.3 is 12.1 Å². The first-order chi connectivity index (χ1) is 16.9. The van der Waals surface area contributed by atoms with E-state index in [0.717, 1.165) is 25.7 Å². The molecule has 206 valence electrons. The van der Waals surface area contributed by atoms with Gasteiger partial charge in [-0.15, -0.1) is 0 Å². The van der Waals surface area contributed by atoms with E-state index >= 15 is 0 Å². The molecule has 0 aromatic rings. The number of urea groups is 2. The van der Waals surface area contributed by atoms with Gasteiger partial charge in [-0.3, -0.25) is 20.6 Å². The van der Waals surface area contributed by atoms with Crippen molar-refractivity contribution in [3.63, 3.8) is 0 Å². The van der Waals surface area contributed by atoms with E-state index in [1.54, 1.807) is 38.0 Å². The van der Waals surface area contributed by atoms with Crippen molar-refractivity contribution in [3.05, 3.63) is 0 Å². The number of unbranched alkanes of at least 4 members (excludes halogenated alkanes) is 1. The maximum atomic E-state index is 12.1. The van der Waals surface area contributed by atoms with Crippen LogP contribution in [0, 0.1) is 0 Å². The third-order valence-electron chi connectivity index (χ3n) is 4.65. The number of nitrogens with zero attached hydrogens (tertiary/aromatic N) is 8. The number of hydrogen-bond donors (Lipinski definition) is 2. The number of guanidine groups is 2. The molecular formula is C24H48N10O2. The van der Waals surface area contributed by atoms with Gasteiger partial charge in [0, 0.05) is 82.3 Å². The Balaban J connectivity index is 5.47. The Morgan fingerprint density at radius 2 is 0.917 bits per heavy atom. The van der Waals surface area contributed by atoms with Crippen LogP contribution in [0.1, 0.15) is 52.4 Å². The number of amidine groups is 2. The molecule has 0 spiro atoms. The van der Waals surface area contributed by atoms with Crippen LogP contribution in [-0.4, -0.2) is 125 Å². The van der Waals surface area contributed by atoms with Crippen molar-refractivity contribution in [2.75, 3.05) is 69.5 Å². The molecule has 0 bridgehead atoms. The van der Waals surface area contributed by atoms with Crippen LogP contribution in [0.25, 0.3) is 0 Å². The molecular weight excluding hydrogens is 460 g/mol. The maximum absolute atomic E-state index is 12.1. The zero-order valence-electron chi connectivity index (χ0n) is 24.1. The van der Waals surface area contributed by atoms with Crippen LogP contribution in [0.15, 0.2) is 20.0 Å². The molecule has 12 heteroatoms. The Bertz CT molecular complexity index is 733. The van der Waals surface area contributed by atoms with Crippen molar-refractivity contribution in [3.8, 4) is 0 Å². The summed E-state index contributed by atoms with van der Waals surface area (Å²) in [5, 5.41) is 5.63. The average molecular weight is 509 g/mol. The Morgan fingerprint density at radius 3 is 1.17 bits per heavy atom. The fourth-order valence-electron chi connectivity index (χ4n) is 2.53. The number of nitrogens with one attached hydrogen (secondary N) is 2. The Hall–Kier alpha value is -3.18. The number of carbonyl (C=O) groups excluding carboxylic acids is 2. The highest BCUT2D eigenvalue weighted by Crippen LogP contribution is 2.07. The van der Waals surface area contributed by atoms with Gasteiger partial charge in [0.25, 0.3) is 0 Å². The third-order valence-corrected chi connectivity index (χ3v) is 4.65. The van der Waals surface area contributed by atoms with Gasteiger partial charge in [0.05, 0.1) is 0 Å². The fraction of sp³-hybridized carbons (Fsp3) is 0.750. The highest BCUT2D eigenvalue weighted by molar-refractivity contribution is 6.03. The summed E-state index contributed by atoms with van der Waals surface area (Å²) in [5.41, 5.74) is 0. The predicted octanol–water partition coefficient (Wildman–Crippen LogP) is 2.54. The van der Waals surface area contributed by atoms with Crippen molar-refractivity contribution < 1.29 is 9.59 Å². The van der Waals surface area contributed by atoms with E-state index in [4.69, 9.17) is 0 Å². The van der Waals surface area contributed by atoms with Gasteiger partial charge in [0.2, 0.25) is 11.9 Å². The minimum atomic E-state index is -0.245. The van der Waals surface area contributed by atoms with Gasteiger partial charge in [0.15, 0.2) is 0 Å². The summed E-state index contributed by atoms with van der Waals surface area (Å²) < 4.78 is 0. The second kappa shape index (κ2) is 18.1. The molecule has 0 aliphatic rings. The Morgan fingerprint density at radius 1 is 0.583 bits per heavy atom. The quantitative estimate of drug-likeness (QED) is 0.282. The molecule has 12 nitrogen and oxygen atoms in total. The summed E-state index contributed by atoms with van der Waals surface area (Å²) in [5.74, 6) is 2.29. The number of hydrogen-bond acceptors (Lipinski definition) is 4. The van der Waals surface area contributed by atoms with Crippen molar-refractivity contribution in [2.24, 2.45) is 20.0 Å². The molecule has 0 heterocycles. The SMILES string of the molecule is CCCN=C(CCCCC(=NCCC)N=C(NC(=O)N(C)C)N(C)C)N=C(NC(=O)N(C)C)N(C)C. The lowest BCUT2D eigenvalue weighted by atomic mass is 10.1. The maximum Gasteiger partial charge on any atom is 0.323 e. The van der Waals surface area contributed by atoms with Crippen LogP contribution < -0.4 is 10.6 Å². The van der Waals surface area contributed by atoms with Gasteiger partial charge in [-0.2, -0.15) is 9.98 Å². The highest BCUT2D eigenvalue weighted by Gasteiger charge is 2.13. The molecule has 2 N–H and O–H groups in total. The number of amides is 4. The van der Waals surface area contributed by atoms with Crippen molar-refractivity contribution in [1.82, 2.24) is 30.2 Å². The number of aliphatic imine (C=N–C) groups is 4. The van der Waals surface area contributed by atoms with E-state index in [0.29, 0.717) is 49.5 Å². The lowest BCUT2D eigenvalue weighted by molar-refractivity contribution is 0.221. The molecule has 36 heavy (non-hydrogen) atoms. The van der Waals surface area contributed by atoms with Gasteiger partial charge in [-0.05, 0) is 25.7 Å². The summed E-state index contributed by atoms with van der Waals surface area (Å²) in [6.45, 7) is 5.48. The molecule has 0 rings (SSSR count). The van der Waals surface area contributed by atoms with Gasteiger partial charge < -0.3 is 19.6 Å². The number of carbonyl (C=O) groups is 2. The smallest absolute Gasteiger partial charge is 0.323 e. The van der Waals surface area contributed by atoms with Gasteiger partial charge in [-0.25, -0.2) is 9.59 Å². The second-order valence-corrected chi connectivity index (χ2v) is 9.11. The van der Waals surface area contributed by atoms with E-state index in [1.165, 1.54) is 9.80 Å². The van der Waals surface area contributed by atoms with E-state index in [-0.39, 0.29) is 12.1 Å². The lowest BCUT2D eigenvalue weighted by Gasteiger charge is -2.20. The van der Waals surface area contributed by atoms with Crippen molar-refractivity contribution in [2.45, 2.75) is 52.4 Å². The van der Waals surface area contributed by atoms with Crippen LogP contribution in [0.4, 0.5) is 9.59 Å². The predicted molar refractivity (Wildman–Crippen MR) is 150 cm³/mol. The summed E-state index contributed by atoms with van der Waals surface area (Å²) in [7, 11) is 14.1. The molecule has 0 aliphatic heterocycles. The van der Waals surface area contributed by atoms with Crippen LogP contribution in [0.5, 0.6) is 0 Å². The first-order valence-electron chi connectivity index (χ1n) is 12.5. The standard InChI is InChI=1S/C24H48N10O2/c1-11-17-25-19(27-21(31(3)4)29-23(35)33(7)8)15-13-14-16-20(26-18-12-2)28-22(32(5)6)30-24(36)34(9)10/h11-18H2,1-10H3,(H,25,27,29,35)(H,26,28,30,36). The molecule has 0 aromatic carbocycles. The van der Waals surface area contributed by atoms with E-state index in [1.807, 2.05) is 28.2 Å². The monoisotopic (exact) mass is 508 g/mol. The topological polar surface area (TPSA) is 121 Å². The molecule has 4 amide bonds. The summed E-state index contributed by atoms with van der Waals surface area (Å²) in [6, 6.07) is -0.491. The second-order valence-electron chi connectivity index (χ2n) is 9.11. The fourth-order valence-corrected chi connectivity index (χ4v) is 2.53. The van der Waals surface area contributed by atoms with Crippen LogP contribution >= 0.6 is 0 Å². The highest BCUT2D eigenvalue weighted by atomic mass is 16.2. The van der Waals surface area contributed by atoms with Crippen LogP contribution in [-0.2, 0) is 0 Å². The van der Waals surface area contributed by atoms with Gasteiger partial charge in [-0.1, -0.05) is 13.8 Å². The van der Waals surface area contributed by atoms with E-state index in [2.05, 4.69) is 44.5 Å². The average Bonchev–Trinajstić information content (AvgIpc) is 2.81. The molecule has 0 radical (unpaired) electrons. The third kappa shape index (κ3) is 14.3. The molecule has 0 aromatic heterocycles. The molecule has 0 atom stereocenters. The van der Waals surface area contributed by atoms with Crippen molar-refractivity contribution in [1.29, 1.82) is 0 Å². The molecule has 0 unspecified atom stereocenters. The zero-order valence-corrected chi connectivity index (χ0v) is 24.1. The molecule has 0 fully saturated rings. The summed E-state index contributed by atoms with van der Waals surface area (Å²) in [6.07, 6.45) is 4.81. The Labute approximate surface area is 217 Å². The first kappa shape index (κ1) is 32.8. The zero-order chi connectivity index (χ0) is 27.7. The molecule has 0 saturated carbocycles. The number of rotatable bonds is 9. The summed E-state index contributed by atoms with van der Waals surface area (Å²) in [4.78, 5) is 49.2. The van der Waals surface area contributed by atoms with Crippen LogP contribution in [0.2, 0.25) is 0 Å². The van der Waals surface area contributed by atoms with E-state index in [9.17, 15) is 9.59 Å². The normalized spacial score (nSPS) is 12.8. The first-order valence-corrected chi connectivity index (χ1v) is 12.5. The largest absolute Gasteiger partial charge is 0.348 e. The molecule has 0 saturated heterocycles. The lowest BCUT2D eigenvalue weighted by Crippen LogP contribution is -2.45. The van der Waals surface area contributed by atoms with Crippen molar-refractivity contribution >= 4 is 35.7 Å².